The Morgan fingerprint density at radius 3 is 2.62 bits per heavy atom. The number of piperidine rings is 2. The molecule has 4 saturated heterocycles. The zero-order valence-corrected chi connectivity index (χ0v) is 29.0. The van der Waals surface area contributed by atoms with Crippen LogP contribution in [0.25, 0.3) is 0 Å². The molecule has 3 N–H and O–H groups in total. The van der Waals surface area contributed by atoms with Gasteiger partial charge in [0.15, 0.2) is 0 Å². The lowest BCUT2D eigenvalue weighted by Gasteiger charge is -2.46. The number of aryl methyl sites for hydroxylation is 1. The molecular weight excluding hydrogens is 655 g/mol. The second kappa shape index (κ2) is 14.2. The van der Waals surface area contributed by atoms with Crippen molar-refractivity contribution < 1.29 is 23.9 Å². The van der Waals surface area contributed by atoms with E-state index in [4.69, 9.17) is 4.74 Å². The highest BCUT2D eigenvalue weighted by Gasteiger charge is 2.52. The van der Waals surface area contributed by atoms with Gasteiger partial charge in [-0.3, -0.25) is 19.3 Å². The van der Waals surface area contributed by atoms with Gasteiger partial charge >= 0.3 is 6.03 Å². The van der Waals surface area contributed by atoms with Crippen molar-refractivity contribution in [3.8, 4) is 17.6 Å². The summed E-state index contributed by atoms with van der Waals surface area (Å²) in [5.41, 5.74) is 2.37. The van der Waals surface area contributed by atoms with Crippen LogP contribution in [0.1, 0.15) is 44.6 Å². The van der Waals surface area contributed by atoms with Crippen molar-refractivity contribution >= 4 is 41.2 Å². The lowest BCUT2D eigenvalue weighted by Crippen LogP contribution is -2.62. The highest BCUT2D eigenvalue weighted by molar-refractivity contribution is 8.04. The van der Waals surface area contributed by atoms with Gasteiger partial charge in [0.2, 0.25) is 5.91 Å². The van der Waals surface area contributed by atoms with E-state index in [2.05, 4.69) is 22.0 Å². The van der Waals surface area contributed by atoms with Crippen molar-refractivity contribution in [2.45, 2.75) is 69.5 Å². The molecular formula is C37H41N7O5S. The van der Waals surface area contributed by atoms with E-state index in [-0.39, 0.29) is 65.3 Å². The van der Waals surface area contributed by atoms with E-state index in [1.807, 2.05) is 60.4 Å². The fourth-order valence-corrected chi connectivity index (χ4v) is 9.29. The van der Waals surface area contributed by atoms with E-state index in [1.54, 1.807) is 15.9 Å². The SMILES string of the molecule is CC(=O)N1CCC[C@@H]1/C=C(\C#N)C(=O)N1CCC[C@@H](NC(=O)C2=C3NC(=O)N(c4ccc(Oc5ccccc5)cc4C)C4CCNC(S2)C34)C1. The quantitative estimate of drug-likeness (QED) is 0.289. The van der Waals surface area contributed by atoms with Crippen molar-refractivity contribution in [3.63, 3.8) is 0 Å². The number of nitrogens with zero attached hydrogens (tertiary/aromatic N) is 4. The molecule has 4 fully saturated rings. The van der Waals surface area contributed by atoms with Gasteiger partial charge < -0.3 is 30.5 Å². The number of nitrogens with one attached hydrogen (secondary N) is 3. The summed E-state index contributed by atoms with van der Waals surface area (Å²) in [5.74, 6) is 0.585. The lowest BCUT2D eigenvalue weighted by molar-refractivity contribution is -0.130. The molecule has 5 aliphatic heterocycles. The first kappa shape index (κ1) is 33.7. The number of amides is 5. The van der Waals surface area contributed by atoms with Crippen LogP contribution in [0.15, 0.2) is 70.8 Å². The Morgan fingerprint density at radius 2 is 1.86 bits per heavy atom. The molecule has 0 spiro atoms. The minimum Gasteiger partial charge on any atom is -0.457 e. The molecule has 0 aliphatic carbocycles. The number of urea groups is 1. The number of hydrogen-bond acceptors (Lipinski definition) is 8. The van der Waals surface area contributed by atoms with Gasteiger partial charge in [0.25, 0.3) is 11.8 Å². The molecule has 0 radical (unpaired) electrons. The number of benzene rings is 2. The van der Waals surface area contributed by atoms with Gasteiger partial charge in [-0.25, -0.2) is 4.79 Å². The lowest BCUT2D eigenvalue weighted by atomic mass is 9.86. The molecule has 2 aromatic carbocycles. The van der Waals surface area contributed by atoms with Gasteiger partial charge in [-0.15, -0.1) is 0 Å². The topological polar surface area (TPSA) is 147 Å². The Morgan fingerprint density at radius 1 is 1.06 bits per heavy atom. The van der Waals surface area contributed by atoms with Gasteiger partial charge in [-0.05, 0) is 87.5 Å². The monoisotopic (exact) mass is 695 g/mol. The smallest absolute Gasteiger partial charge is 0.326 e. The molecule has 50 heavy (non-hydrogen) atoms. The van der Waals surface area contributed by atoms with Crippen molar-refractivity contribution in [1.82, 2.24) is 25.8 Å². The van der Waals surface area contributed by atoms with E-state index in [1.165, 1.54) is 18.7 Å². The molecule has 5 aliphatic rings. The van der Waals surface area contributed by atoms with Crippen LogP contribution in [-0.2, 0) is 14.4 Å². The Balaban J connectivity index is 1.04. The molecule has 5 heterocycles. The average molecular weight is 696 g/mol. The van der Waals surface area contributed by atoms with Crippen molar-refractivity contribution in [3.05, 3.63) is 76.3 Å². The van der Waals surface area contributed by atoms with Crippen LogP contribution in [0.4, 0.5) is 10.5 Å². The number of nitriles is 1. The van der Waals surface area contributed by atoms with Crippen LogP contribution in [0.3, 0.4) is 0 Å². The maximum absolute atomic E-state index is 13.9. The molecule has 5 amide bonds. The molecule has 13 heteroatoms. The van der Waals surface area contributed by atoms with Crippen molar-refractivity contribution in [1.29, 1.82) is 5.26 Å². The summed E-state index contributed by atoms with van der Waals surface area (Å²) in [6, 6.07) is 16.3. The molecule has 12 nitrogen and oxygen atoms in total. The van der Waals surface area contributed by atoms with E-state index in [0.717, 1.165) is 29.8 Å². The summed E-state index contributed by atoms with van der Waals surface area (Å²) in [7, 11) is 0. The third-order valence-electron chi connectivity index (χ3n) is 10.2. The van der Waals surface area contributed by atoms with Crippen molar-refractivity contribution in [2.75, 3.05) is 31.1 Å². The molecule has 5 atom stereocenters. The minimum atomic E-state index is -0.383. The summed E-state index contributed by atoms with van der Waals surface area (Å²) in [6.07, 6.45) is 5.26. The van der Waals surface area contributed by atoms with Crippen molar-refractivity contribution in [2.24, 2.45) is 5.92 Å². The molecule has 0 saturated carbocycles. The first-order valence-corrected chi connectivity index (χ1v) is 18.2. The number of likely N-dealkylation sites (tertiary alicyclic amines) is 2. The average Bonchev–Trinajstić information content (AvgIpc) is 3.74. The Hall–Kier alpha value is -4.80. The fraction of sp³-hybridized carbons (Fsp3) is 0.432. The summed E-state index contributed by atoms with van der Waals surface area (Å²) < 4.78 is 6.02. The molecule has 260 valence electrons. The Labute approximate surface area is 295 Å². The predicted octanol–water partition coefficient (Wildman–Crippen LogP) is 4.15. The molecule has 0 aromatic heterocycles. The zero-order valence-electron chi connectivity index (χ0n) is 28.2. The number of para-hydroxylation sites is 1. The number of carbonyl (C=O) groups is 4. The van der Waals surface area contributed by atoms with E-state index in [0.29, 0.717) is 55.2 Å². The predicted molar refractivity (Wildman–Crippen MR) is 189 cm³/mol. The first-order chi connectivity index (χ1) is 24.2. The number of thioether (sulfide) groups is 1. The Bertz CT molecular complexity index is 1810. The van der Waals surface area contributed by atoms with Crippen LogP contribution in [0.2, 0.25) is 0 Å². The van der Waals surface area contributed by atoms with Gasteiger partial charge in [-0.1, -0.05) is 30.0 Å². The van der Waals surface area contributed by atoms with Crippen LogP contribution in [0.5, 0.6) is 11.5 Å². The zero-order chi connectivity index (χ0) is 34.9. The van der Waals surface area contributed by atoms with Gasteiger partial charge in [0, 0.05) is 49.9 Å². The summed E-state index contributed by atoms with van der Waals surface area (Å²) in [6.45, 7) is 5.54. The standard InChI is InChI=1S/C37H41N7O5S/c1-22-18-28(49-27-10-4-3-5-11-27)12-13-29(22)44-30-14-15-39-35-31(30)32(41-37(44)48)33(50-35)34(46)40-25-8-6-16-42(21-25)36(47)24(20-38)19-26-9-7-17-43(26)23(2)45/h3-5,10-13,18-19,25-26,30-31,35,39H,6-9,14-17,21H2,1-2H3,(H,40,46)(H,41,48)/b24-19+/t25-,26-,30?,31?,35?/m1/s1. The van der Waals surface area contributed by atoms with Gasteiger partial charge in [-0.2, -0.15) is 5.26 Å². The fourth-order valence-electron chi connectivity index (χ4n) is 7.89. The summed E-state index contributed by atoms with van der Waals surface area (Å²) in [5, 5.41) is 19.5. The summed E-state index contributed by atoms with van der Waals surface area (Å²) in [4.78, 5) is 58.7. The number of carbonyl (C=O) groups excluding carboxylic acids is 4. The highest BCUT2D eigenvalue weighted by Crippen LogP contribution is 2.48. The second-order valence-corrected chi connectivity index (χ2v) is 14.6. The third kappa shape index (κ3) is 6.57. The van der Waals surface area contributed by atoms with Gasteiger partial charge in [0.1, 0.15) is 23.1 Å². The van der Waals surface area contributed by atoms with Crippen LogP contribution in [-0.4, -0.2) is 83.2 Å². The minimum absolute atomic E-state index is 0.0238. The number of hydrogen-bond donors (Lipinski definition) is 3. The van der Waals surface area contributed by atoms with E-state index >= 15 is 0 Å². The number of anilines is 1. The highest BCUT2D eigenvalue weighted by atomic mass is 32.2. The molecule has 0 bridgehead atoms. The van der Waals surface area contributed by atoms with Crippen LogP contribution >= 0.6 is 11.8 Å². The normalized spacial score (nSPS) is 26.3. The van der Waals surface area contributed by atoms with Gasteiger partial charge in [0.05, 0.1) is 22.4 Å². The van der Waals surface area contributed by atoms with Crippen LogP contribution in [0, 0.1) is 24.2 Å². The molecule has 3 unspecified atom stereocenters. The second-order valence-electron chi connectivity index (χ2n) is 13.5. The molecule has 2 aromatic rings. The Kier molecular flexibility index (Phi) is 9.57. The van der Waals surface area contributed by atoms with E-state index in [9.17, 15) is 24.4 Å². The maximum Gasteiger partial charge on any atom is 0.326 e. The maximum atomic E-state index is 13.9. The third-order valence-corrected chi connectivity index (χ3v) is 11.6. The largest absolute Gasteiger partial charge is 0.457 e. The van der Waals surface area contributed by atoms with E-state index < -0.39 is 0 Å². The summed E-state index contributed by atoms with van der Waals surface area (Å²) >= 11 is 1.44. The number of rotatable bonds is 7. The number of ether oxygens (including phenoxy) is 1. The van der Waals surface area contributed by atoms with Crippen LogP contribution < -0.4 is 25.6 Å². The first-order valence-electron chi connectivity index (χ1n) is 17.3. The molecule has 7 rings (SSSR count).